The molecule has 27 heavy (non-hydrogen) atoms. The monoisotopic (exact) mass is 392 g/mol. The van der Waals surface area contributed by atoms with Gasteiger partial charge in [0, 0.05) is 18.4 Å². The summed E-state index contributed by atoms with van der Waals surface area (Å²) >= 11 is 0. The van der Waals surface area contributed by atoms with E-state index in [-0.39, 0.29) is 18.3 Å². The van der Waals surface area contributed by atoms with Gasteiger partial charge in [0.15, 0.2) is 5.69 Å². The third kappa shape index (κ3) is 6.26. The predicted molar refractivity (Wildman–Crippen MR) is 110 cm³/mol. The van der Waals surface area contributed by atoms with Crippen LogP contribution in [0, 0.1) is 5.92 Å². The molecule has 1 aliphatic heterocycles. The maximum Gasteiger partial charge on any atom is 0.276 e. The highest BCUT2D eigenvalue weighted by Gasteiger charge is 2.17. The van der Waals surface area contributed by atoms with Crippen LogP contribution in [-0.2, 0) is 0 Å². The minimum absolute atomic E-state index is 0. The topological polar surface area (TPSA) is 68.2 Å². The quantitative estimate of drug-likeness (QED) is 0.749. The van der Waals surface area contributed by atoms with Gasteiger partial charge in [0.2, 0.25) is 0 Å². The third-order valence-electron chi connectivity index (χ3n) is 4.56. The second-order valence-corrected chi connectivity index (χ2v) is 7.19. The molecule has 7 heteroatoms. The Balaban J connectivity index is 0.00000261. The van der Waals surface area contributed by atoms with Crippen LogP contribution in [0.3, 0.4) is 0 Å². The lowest BCUT2D eigenvalue weighted by Crippen LogP contribution is -2.32. The molecule has 2 aromatic rings. The van der Waals surface area contributed by atoms with Gasteiger partial charge in [0.1, 0.15) is 5.75 Å². The molecule has 3 rings (SSSR count). The number of piperidine rings is 1. The number of anilines is 1. The fourth-order valence-corrected chi connectivity index (χ4v) is 2.96. The van der Waals surface area contributed by atoms with Crippen LogP contribution in [-0.4, -0.2) is 35.4 Å². The van der Waals surface area contributed by atoms with Crippen molar-refractivity contribution in [3.63, 3.8) is 0 Å². The highest BCUT2D eigenvalue weighted by Crippen LogP contribution is 2.18. The zero-order valence-electron chi connectivity index (χ0n) is 16.0. The number of hydrogen-bond donors (Lipinski definition) is 2. The Morgan fingerprint density at radius 1 is 1.33 bits per heavy atom. The van der Waals surface area contributed by atoms with E-state index < -0.39 is 0 Å². The summed E-state index contributed by atoms with van der Waals surface area (Å²) in [5, 5.41) is 10.7. The van der Waals surface area contributed by atoms with Crippen molar-refractivity contribution in [3.05, 3.63) is 42.2 Å². The van der Waals surface area contributed by atoms with E-state index in [0.29, 0.717) is 24.3 Å². The standard InChI is InChI=1S/C20H28N4O2.ClH/c1-15(2)10-13-26-18-7-5-16(6-8-18)22-20(25)19-9-12-24(23-19)17-4-3-11-21-14-17;/h5-9,12,15,17,21H,3-4,10-11,13-14H2,1-2H3,(H,22,25);1H. The van der Waals surface area contributed by atoms with Gasteiger partial charge in [-0.15, -0.1) is 12.4 Å². The highest BCUT2D eigenvalue weighted by molar-refractivity contribution is 6.02. The predicted octanol–water partition coefficient (Wildman–Crippen LogP) is 3.91. The largest absolute Gasteiger partial charge is 0.494 e. The number of carbonyl (C=O) groups is 1. The van der Waals surface area contributed by atoms with Crippen molar-refractivity contribution in [3.8, 4) is 5.75 Å². The molecule has 1 fully saturated rings. The Kier molecular flexibility index (Phi) is 8.13. The zero-order chi connectivity index (χ0) is 18.4. The molecule has 0 bridgehead atoms. The number of halogens is 1. The first-order valence-electron chi connectivity index (χ1n) is 9.42. The average molecular weight is 393 g/mol. The highest BCUT2D eigenvalue weighted by atomic mass is 35.5. The second kappa shape index (κ2) is 10.3. The Morgan fingerprint density at radius 3 is 2.78 bits per heavy atom. The third-order valence-corrected chi connectivity index (χ3v) is 4.56. The Hall–Kier alpha value is -2.05. The van der Waals surface area contributed by atoms with Gasteiger partial charge in [-0.3, -0.25) is 9.48 Å². The molecule has 2 N–H and O–H groups in total. The molecule has 1 amide bonds. The van der Waals surface area contributed by atoms with E-state index in [1.807, 2.05) is 35.1 Å². The molecule has 2 heterocycles. The van der Waals surface area contributed by atoms with Crippen molar-refractivity contribution in [1.29, 1.82) is 0 Å². The minimum Gasteiger partial charge on any atom is -0.494 e. The summed E-state index contributed by atoms with van der Waals surface area (Å²) in [5.74, 6) is 1.25. The van der Waals surface area contributed by atoms with Gasteiger partial charge in [-0.05, 0) is 62.1 Å². The smallest absolute Gasteiger partial charge is 0.276 e. The number of amides is 1. The van der Waals surface area contributed by atoms with Gasteiger partial charge in [0.25, 0.3) is 5.91 Å². The second-order valence-electron chi connectivity index (χ2n) is 7.19. The number of hydrogen-bond acceptors (Lipinski definition) is 4. The SMILES string of the molecule is CC(C)CCOc1ccc(NC(=O)c2ccn(C3CCCNC3)n2)cc1.Cl. The van der Waals surface area contributed by atoms with E-state index in [4.69, 9.17) is 4.74 Å². The molecule has 6 nitrogen and oxygen atoms in total. The number of nitrogens with one attached hydrogen (secondary N) is 2. The van der Waals surface area contributed by atoms with Crippen LogP contribution < -0.4 is 15.4 Å². The molecule has 0 spiro atoms. The summed E-state index contributed by atoms with van der Waals surface area (Å²) < 4.78 is 7.59. The van der Waals surface area contributed by atoms with Crippen LogP contribution in [0.15, 0.2) is 36.5 Å². The number of nitrogens with zero attached hydrogens (tertiary/aromatic N) is 2. The summed E-state index contributed by atoms with van der Waals surface area (Å²) in [6.07, 6.45) is 5.14. The van der Waals surface area contributed by atoms with Gasteiger partial charge in [-0.1, -0.05) is 13.8 Å². The van der Waals surface area contributed by atoms with Crippen molar-refractivity contribution in [2.75, 3.05) is 25.0 Å². The fraction of sp³-hybridized carbons (Fsp3) is 0.500. The van der Waals surface area contributed by atoms with Gasteiger partial charge >= 0.3 is 0 Å². The maximum absolute atomic E-state index is 12.4. The van der Waals surface area contributed by atoms with Crippen molar-refractivity contribution < 1.29 is 9.53 Å². The van der Waals surface area contributed by atoms with Crippen LogP contribution in [0.25, 0.3) is 0 Å². The van der Waals surface area contributed by atoms with E-state index >= 15 is 0 Å². The summed E-state index contributed by atoms with van der Waals surface area (Å²) in [6.45, 7) is 7.02. The van der Waals surface area contributed by atoms with Crippen molar-refractivity contribution in [2.45, 2.75) is 39.2 Å². The van der Waals surface area contributed by atoms with E-state index in [1.54, 1.807) is 6.07 Å². The van der Waals surface area contributed by atoms with E-state index in [1.165, 1.54) is 0 Å². The van der Waals surface area contributed by atoms with Crippen molar-refractivity contribution in [1.82, 2.24) is 15.1 Å². The maximum atomic E-state index is 12.4. The molecule has 1 atom stereocenters. The first-order chi connectivity index (χ1) is 12.6. The number of carbonyl (C=O) groups excluding carboxylic acids is 1. The van der Waals surface area contributed by atoms with E-state index in [9.17, 15) is 4.79 Å². The van der Waals surface area contributed by atoms with Gasteiger partial charge in [0.05, 0.1) is 12.6 Å². The number of ether oxygens (including phenoxy) is 1. The van der Waals surface area contributed by atoms with E-state index in [2.05, 4.69) is 29.6 Å². The average Bonchev–Trinajstić information content (AvgIpc) is 3.14. The Bertz CT molecular complexity index is 709. The van der Waals surface area contributed by atoms with Crippen LogP contribution >= 0.6 is 12.4 Å². The molecule has 1 aliphatic rings. The molecular formula is C20H29ClN4O2. The summed E-state index contributed by atoms with van der Waals surface area (Å²) in [7, 11) is 0. The van der Waals surface area contributed by atoms with Gasteiger partial charge in [-0.2, -0.15) is 5.10 Å². The van der Waals surface area contributed by atoms with Crippen LogP contribution in [0.4, 0.5) is 5.69 Å². The lowest BCUT2D eigenvalue weighted by molar-refractivity contribution is 0.102. The molecule has 1 aromatic heterocycles. The van der Waals surface area contributed by atoms with E-state index in [0.717, 1.165) is 43.8 Å². The van der Waals surface area contributed by atoms with Crippen molar-refractivity contribution in [2.24, 2.45) is 5.92 Å². The number of aromatic nitrogens is 2. The Labute approximate surface area is 167 Å². The number of rotatable bonds is 7. The lowest BCUT2D eigenvalue weighted by atomic mass is 10.1. The summed E-state index contributed by atoms with van der Waals surface area (Å²) in [5.41, 5.74) is 1.17. The first kappa shape index (κ1) is 21.3. The molecular weight excluding hydrogens is 364 g/mol. The van der Waals surface area contributed by atoms with Crippen molar-refractivity contribution >= 4 is 24.0 Å². The zero-order valence-corrected chi connectivity index (χ0v) is 16.8. The molecule has 1 saturated heterocycles. The first-order valence-corrected chi connectivity index (χ1v) is 9.42. The van der Waals surface area contributed by atoms with Crippen LogP contribution in [0.2, 0.25) is 0 Å². The van der Waals surface area contributed by atoms with Crippen LogP contribution in [0.5, 0.6) is 5.75 Å². The molecule has 1 aromatic carbocycles. The lowest BCUT2D eigenvalue weighted by Gasteiger charge is -2.22. The number of benzene rings is 1. The fourth-order valence-electron chi connectivity index (χ4n) is 2.96. The summed E-state index contributed by atoms with van der Waals surface area (Å²) in [6, 6.07) is 9.56. The molecule has 0 saturated carbocycles. The van der Waals surface area contributed by atoms with Crippen LogP contribution in [0.1, 0.15) is 49.6 Å². The molecule has 148 valence electrons. The normalized spacial score (nSPS) is 16.6. The minimum atomic E-state index is -0.194. The van der Waals surface area contributed by atoms with Gasteiger partial charge < -0.3 is 15.4 Å². The molecule has 1 unspecified atom stereocenters. The Morgan fingerprint density at radius 2 is 2.11 bits per heavy atom. The summed E-state index contributed by atoms with van der Waals surface area (Å²) in [4.78, 5) is 12.4. The molecule has 0 aliphatic carbocycles. The molecule has 0 radical (unpaired) electrons. The van der Waals surface area contributed by atoms with Gasteiger partial charge in [-0.25, -0.2) is 0 Å².